The smallest absolute Gasteiger partial charge is 0.335 e. The maximum atomic E-state index is 11.7. The Bertz CT molecular complexity index is 575. The van der Waals surface area contributed by atoms with Crippen molar-refractivity contribution < 1.29 is 28.2 Å². The first-order valence-corrected chi connectivity index (χ1v) is 6.73. The van der Waals surface area contributed by atoms with Crippen LogP contribution in [-0.2, 0) is 20.4 Å². The van der Waals surface area contributed by atoms with Crippen LogP contribution >= 0.6 is 0 Å². The second kappa shape index (κ2) is 5.18. The molecule has 0 amide bonds. The number of carboxylic acids is 2. The normalized spacial score (nSPS) is 12.9. The number of hydrogen-bond acceptors (Lipinski definition) is 4. The molecule has 0 aliphatic heterocycles. The summed E-state index contributed by atoms with van der Waals surface area (Å²) in [6.07, 6.45) is 0. The maximum Gasteiger partial charge on any atom is 0.335 e. The van der Waals surface area contributed by atoms with Gasteiger partial charge in [0.2, 0.25) is 0 Å². The van der Waals surface area contributed by atoms with Crippen LogP contribution in [0.1, 0.15) is 22.8 Å². The first-order valence-electron chi connectivity index (χ1n) is 5.01. The van der Waals surface area contributed by atoms with Crippen molar-refractivity contribution in [2.45, 2.75) is 17.9 Å². The first-order chi connectivity index (χ1) is 8.25. The minimum absolute atomic E-state index is 0.0816. The average Bonchev–Trinajstić information content (AvgIpc) is 2.27. The van der Waals surface area contributed by atoms with Crippen molar-refractivity contribution >= 4 is 21.8 Å². The predicted molar refractivity (Wildman–Crippen MR) is 63.1 cm³/mol. The Balaban J connectivity index is 3.13. The summed E-state index contributed by atoms with van der Waals surface area (Å²) < 4.78 is 23.5. The molecule has 0 saturated carbocycles. The fourth-order valence-corrected chi connectivity index (χ4v) is 2.59. The van der Waals surface area contributed by atoms with Gasteiger partial charge in [-0.3, -0.25) is 4.79 Å². The van der Waals surface area contributed by atoms with E-state index in [-0.39, 0.29) is 11.1 Å². The van der Waals surface area contributed by atoms with E-state index in [4.69, 9.17) is 10.2 Å². The molecule has 6 nitrogen and oxygen atoms in total. The van der Waals surface area contributed by atoms with Crippen LogP contribution < -0.4 is 0 Å². The molecule has 1 atom stereocenters. The third kappa shape index (κ3) is 3.07. The Morgan fingerprint density at radius 2 is 1.78 bits per heavy atom. The van der Waals surface area contributed by atoms with Crippen molar-refractivity contribution in [3.63, 3.8) is 0 Å². The third-order valence-electron chi connectivity index (χ3n) is 2.49. The minimum atomic E-state index is -3.93. The van der Waals surface area contributed by atoms with Crippen LogP contribution in [-0.4, -0.2) is 35.8 Å². The molecule has 1 aromatic rings. The number of carboxylic acid groups (broad SMARTS) is 2. The van der Waals surface area contributed by atoms with Crippen molar-refractivity contribution in [1.29, 1.82) is 0 Å². The van der Waals surface area contributed by atoms with Crippen molar-refractivity contribution in [2.75, 3.05) is 0 Å². The lowest BCUT2D eigenvalue weighted by Crippen LogP contribution is -2.28. The lowest BCUT2D eigenvalue weighted by atomic mass is 10.1. The maximum absolute atomic E-state index is 11.7. The van der Waals surface area contributed by atoms with Crippen LogP contribution in [0.3, 0.4) is 0 Å². The van der Waals surface area contributed by atoms with Gasteiger partial charge in [0.1, 0.15) is 0 Å². The van der Waals surface area contributed by atoms with Gasteiger partial charge in [0.15, 0.2) is 15.1 Å². The molecule has 1 rings (SSSR count). The van der Waals surface area contributed by atoms with Crippen molar-refractivity contribution in [3.05, 3.63) is 35.4 Å². The van der Waals surface area contributed by atoms with Crippen LogP contribution in [0, 0.1) is 0 Å². The van der Waals surface area contributed by atoms with E-state index in [2.05, 4.69) is 0 Å². The quantitative estimate of drug-likeness (QED) is 0.819. The number of hydrogen-bond donors (Lipinski definition) is 2. The second-order valence-electron chi connectivity index (χ2n) is 3.75. The first kappa shape index (κ1) is 14.2. The Morgan fingerprint density at radius 1 is 1.22 bits per heavy atom. The summed E-state index contributed by atoms with van der Waals surface area (Å²) in [6, 6.07) is 5.61. The molecule has 0 aliphatic carbocycles. The lowest BCUT2D eigenvalue weighted by Gasteiger charge is -2.10. The van der Waals surface area contributed by atoms with Crippen molar-refractivity contribution in [1.82, 2.24) is 0 Å². The zero-order valence-electron chi connectivity index (χ0n) is 9.53. The fourth-order valence-electron chi connectivity index (χ4n) is 1.35. The van der Waals surface area contributed by atoms with Gasteiger partial charge in [0.25, 0.3) is 0 Å². The van der Waals surface area contributed by atoms with Gasteiger partial charge in [-0.2, -0.15) is 0 Å². The fraction of sp³-hybridized carbons (Fsp3) is 0.273. The number of benzene rings is 1. The highest BCUT2D eigenvalue weighted by molar-refractivity contribution is 7.92. The molecule has 98 valence electrons. The van der Waals surface area contributed by atoms with Crippen LogP contribution in [0.5, 0.6) is 0 Å². The number of sulfone groups is 1. The van der Waals surface area contributed by atoms with E-state index in [1.54, 1.807) is 0 Å². The van der Waals surface area contributed by atoms with E-state index in [0.29, 0.717) is 0 Å². The number of rotatable bonds is 5. The van der Waals surface area contributed by atoms with Gasteiger partial charge in [-0.05, 0) is 18.6 Å². The highest BCUT2D eigenvalue weighted by Gasteiger charge is 2.29. The zero-order valence-corrected chi connectivity index (χ0v) is 10.3. The Hall–Kier alpha value is -1.89. The molecule has 1 unspecified atom stereocenters. The summed E-state index contributed by atoms with van der Waals surface area (Å²) in [6.45, 7) is 1.06. The highest BCUT2D eigenvalue weighted by atomic mass is 32.2. The van der Waals surface area contributed by atoms with E-state index < -0.39 is 32.8 Å². The summed E-state index contributed by atoms with van der Waals surface area (Å²) in [5, 5.41) is 16.0. The molecule has 0 heterocycles. The molecule has 0 aromatic heterocycles. The molecule has 0 aliphatic rings. The van der Waals surface area contributed by atoms with Gasteiger partial charge in [-0.15, -0.1) is 0 Å². The molecular weight excluding hydrogens is 260 g/mol. The molecule has 2 N–H and O–H groups in total. The van der Waals surface area contributed by atoms with E-state index in [0.717, 1.165) is 6.92 Å². The molecule has 1 aromatic carbocycles. The van der Waals surface area contributed by atoms with E-state index in [1.165, 1.54) is 24.3 Å². The largest absolute Gasteiger partial charge is 0.480 e. The molecular formula is C11H12O6S. The summed E-state index contributed by atoms with van der Waals surface area (Å²) >= 11 is 0. The topological polar surface area (TPSA) is 109 Å². The summed E-state index contributed by atoms with van der Waals surface area (Å²) in [5.41, 5.74) is -0.0586. The molecule has 0 fully saturated rings. The molecule has 0 saturated heterocycles. The van der Waals surface area contributed by atoms with E-state index in [9.17, 15) is 18.0 Å². The predicted octanol–water partition coefficient (Wildman–Crippen LogP) is 0.773. The molecule has 0 spiro atoms. The van der Waals surface area contributed by atoms with E-state index in [1.807, 2.05) is 0 Å². The number of aliphatic carboxylic acids is 1. The van der Waals surface area contributed by atoms with Crippen LogP contribution in [0.15, 0.2) is 24.3 Å². The molecule has 0 bridgehead atoms. The van der Waals surface area contributed by atoms with Crippen molar-refractivity contribution in [2.24, 2.45) is 0 Å². The Labute approximate surface area is 104 Å². The molecule has 0 radical (unpaired) electrons. The minimum Gasteiger partial charge on any atom is -0.480 e. The van der Waals surface area contributed by atoms with Crippen molar-refractivity contribution in [3.8, 4) is 0 Å². The monoisotopic (exact) mass is 272 g/mol. The Kier molecular flexibility index (Phi) is 4.07. The third-order valence-corrected chi connectivity index (χ3v) is 4.48. The zero-order chi connectivity index (χ0) is 13.9. The SMILES string of the molecule is CC(C(=O)O)S(=O)(=O)Cc1ccccc1C(=O)O. The van der Waals surface area contributed by atoms with Gasteiger partial charge >= 0.3 is 11.9 Å². The highest BCUT2D eigenvalue weighted by Crippen LogP contribution is 2.16. The summed E-state index contributed by atoms with van der Waals surface area (Å²) in [5.74, 6) is -3.31. The van der Waals surface area contributed by atoms with E-state index >= 15 is 0 Å². The molecule has 7 heteroatoms. The summed E-state index contributed by atoms with van der Waals surface area (Å²) in [4.78, 5) is 21.6. The summed E-state index contributed by atoms with van der Waals surface area (Å²) in [7, 11) is -3.93. The van der Waals surface area contributed by atoms with Gasteiger partial charge in [-0.1, -0.05) is 18.2 Å². The van der Waals surface area contributed by atoms with Crippen LogP contribution in [0.25, 0.3) is 0 Å². The average molecular weight is 272 g/mol. The Morgan fingerprint density at radius 3 is 2.28 bits per heavy atom. The van der Waals surface area contributed by atoms with Gasteiger partial charge in [0, 0.05) is 0 Å². The lowest BCUT2D eigenvalue weighted by molar-refractivity contribution is -0.136. The molecule has 18 heavy (non-hydrogen) atoms. The van der Waals surface area contributed by atoms with Gasteiger partial charge in [-0.25, -0.2) is 13.2 Å². The second-order valence-corrected chi connectivity index (χ2v) is 6.07. The number of carbonyl (C=O) groups is 2. The number of aromatic carboxylic acids is 1. The van der Waals surface area contributed by atoms with Gasteiger partial charge in [0.05, 0.1) is 11.3 Å². The van der Waals surface area contributed by atoms with Crippen LogP contribution in [0.2, 0.25) is 0 Å². The van der Waals surface area contributed by atoms with Gasteiger partial charge < -0.3 is 10.2 Å². The van der Waals surface area contributed by atoms with Crippen LogP contribution in [0.4, 0.5) is 0 Å². The standard InChI is InChI=1S/C11H12O6S/c1-7(10(12)13)18(16,17)6-8-4-2-3-5-9(8)11(14)15/h2-5,7H,6H2,1H3,(H,12,13)(H,14,15).